The number of nitrogens with zero attached hydrogens (tertiary/aromatic N) is 2. The first-order valence-corrected chi connectivity index (χ1v) is 25.3. The topological polar surface area (TPSA) is 201 Å². The first kappa shape index (κ1) is 54.1. The summed E-state index contributed by atoms with van der Waals surface area (Å²) in [6, 6.07) is 38.4. The van der Waals surface area contributed by atoms with Crippen LogP contribution >= 0.6 is 11.6 Å². The third-order valence-corrected chi connectivity index (χ3v) is 13.1. The Morgan fingerprint density at radius 1 is 0.653 bits per heavy atom. The van der Waals surface area contributed by atoms with Gasteiger partial charge < -0.3 is 41.8 Å². The maximum atomic E-state index is 14.5. The second-order valence-corrected chi connectivity index (χ2v) is 18.7. The second kappa shape index (κ2) is 27.4. The van der Waals surface area contributed by atoms with Crippen molar-refractivity contribution in [3.05, 3.63) is 203 Å². The molecule has 8 N–H and O–H groups in total. The maximum absolute atomic E-state index is 14.5. The highest BCUT2D eigenvalue weighted by Crippen LogP contribution is 2.41. The summed E-state index contributed by atoms with van der Waals surface area (Å²) in [4.78, 5) is 60.1. The molecular formula is C58H68ClN7O6. The fourth-order valence-electron chi connectivity index (χ4n) is 8.95. The molecule has 3 amide bonds. The van der Waals surface area contributed by atoms with Gasteiger partial charge in [-0.15, -0.1) is 0 Å². The zero-order chi connectivity index (χ0) is 51.3. The van der Waals surface area contributed by atoms with Crippen LogP contribution in [0.3, 0.4) is 0 Å². The minimum atomic E-state index is -1.36. The van der Waals surface area contributed by atoms with E-state index in [-0.39, 0.29) is 31.4 Å². The first-order chi connectivity index (χ1) is 34.9. The molecule has 14 heteroatoms. The van der Waals surface area contributed by atoms with Crippen molar-refractivity contribution in [2.45, 2.75) is 114 Å². The molecule has 1 heterocycles. The number of hydrogen-bond acceptors (Lipinski definition) is 8. The molecule has 5 aromatic carbocycles. The Hall–Kier alpha value is -7.22. The highest BCUT2D eigenvalue weighted by Gasteiger charge is 2.39. The highest BCUT2D eigenvalue weighted by atomic mass is 35.5. The van der Waals surface area contributed by atoms with Crippen molar-refractivity contribution >= 4 is 35.3 Å². The Morgan fingerprint density at radius 3 is 1.74 bits per heavy atom. The van der Waals surface area contributed by atoms with Gasteiger partial charge in [-0.2, -0.15) is 0 Å². The number of nitrogens with one attached hydrogen (secondary N) is 4. The van der Waals surface area contributed by atoms with E-state index >= 15 is 0 Å². The van der Waals surface area contributed by atoms with Gasteiger partial charge in [0.2, 0.25) is 17.7 Å². The van der Waals surface area contributed by atoms with Gasteiger partial charge >= 0.3 is 5.97 Å². The predicted molar refractivity (Wildman–Crippen MR) is 283 cm³/mol. The van der Waals surface area contributed by atoms with Gasteiger partial charge in [-0.25, -0.2) is 9.78 Å². The number of carbonyl (C=O) groups is 4. The fourth-order valence-corrected chi connectivity index (χ4v) is 9.08. The first-order valence-electron chi connectivity index (χ1n) is 24.9. The lowest BCUT2D eigenvalue weighted by Gasteiger charge is -2.37. The van der Waals surface area contributed by atoms with E-state index in [1.165, 1.54) is 31.4 Å². The molecule has 0 unspecified atom stereocenters. The number of hydrogen-bond donors (Lipinski definition) is 7. The van der Waals surface area contributed by atoms with Gasteiger partial charge in [0.25, 0.3) is 0 Å². The van der Waals surface area contributed by atoms with E-state index in [2.05, 4.69) is 71.2 Å². The molecule has 1 aromatic heterocycles. The average Bonchev–Trinajstić information content (AvgIpc) is 3.85. The molecule has 6 rings (SSSR count). The molecule has 6 aromatic rings. The minimum Gasteiger partial charge on any atom is -0.508 e. The van der Waals surface area contributed by atoms with E-state index < -0.39 is 53.4 Å². The number of carboxylic acids is 1. The van der Waals surface area contributed by atoms with Crippen molar-refractivity contribution in [3.63, 3.8) is 0 Å². The second-order valence-electron chi connectivity index (χ2n) is 18.3. The number of nitrogens with two attached hydrogens (primary N) is 1. The van der Waals surface area contributed by atoms with Gasteiger partial charge in [-0.1, -0.05) is 166 Å². The number of halogens is 1. The van der Waals surface area contributed by atoms with E-state index in [4.69, 9.17) is 22.3 Å². The standard InChI is InChI=1S/C58H68ClN7O6/c1-3-4-5-6-10-19-41(2)61-35-18-17-26-51(55(69)64-52(36-42-27-31-47(59)32-28-42)56(70)65-53(57(71)72)37-43-29-33-49(67)34-30-43)63-54(68)50(60)38-48-39-66(40-62-48)58(44-20-11-7-12-21-44,45-22-13-8-14-23-45)46-24-15-9-16-25-46/h7-9,11-16,20-25,27-34,39-40,50-53,61,67H,2-6,10,17-19,26,35-38,60H2,1H3,(H,63,68)(H,64,69)(H,65,70)(H,71,72)/t50-,51-,52+,53-/m0/s1. The monoisotopic (exact) mass is 993 g/mol. The number of amides is 3. The number of carbonyl (C=O) groups excluding carboxylic acids is 3. The molecule has 0 radical (unpaired) electrons. The largest absolute Gasteiger partial charge is 0.508 e. The van der Waals surface area contributed by atoms with Crippen LogP contribution < -0.4 is 27.0 Å². The van der Waals surface area contributed by atoms with E-state index in [9.17, 15) is 29.4 Å². The van der Waals surface area contributed by atoms with Gasteiger partial charge in [-0.3, -0.25) is 14.4 Å². The molecule has 0 bridgehead atoms. The van der Waals surface area contributed by atoms with Crippen LogP contribution in [0.5, 0.6) is 5.75 Å². The molecule has 0 fully saturated rings. The Labute approximate surface area is 428 Å². The van der Waals surface area contributed by atoms with E-state index in [1.54, 1.807) is 42.7 Å². The maximum Gasteiger partial charge on any atom is 0.326 e. The molecular weight excluding hydrogens is 926 g/mol. The number of carboxylic acid groups (broad SMARTS) is 1. The summed E-state index contributed by atoms with van der Waals surface area (Å²) >= 11 is 6.18. The molecule has 0 aliphatic heterocycles. The van der Waals surface area contributed by atoms with Gasteiger partial charge in [0.1, 0.15) is 29.4 Å². The molecule has 0 spiro atoms. The van der Waals surface area contributed by atoms with Crippen LogP contribution in [-0.4, -0.2) is 74.2 Å². The molecule has 0 saturated carbocycles. The summed E-state index contributed by atoms with van der Waals surface area (Å²) in [5, 5.41) is 32.2. The summed E-state index contributed by atoms with van der Waals surface area (Å²) in [5.74, 6) is -3.23. The lowest BCUT2D eigenvalue weighted by Crippen LogP contribution is -2.58. The van der Waals surface area contributed by atoms with Crippen molar-refractivity contribution in [2.24, 2.45) is 5.73 Å². The highest BCUT2D eigenvalue weighted by molar-refractivity contribution is 6.30. The van der Waals surface area contributed by atoms with Crippen LogP contribution in [0.1, 0.15) is 98.2 Å². The third-order valence-electron chi connectivity index (χ3n) is 12.9. The van der Waals surface area contributed by atoms with Crippen LogP contribution in [0.2, 0.25) is 5.02 Å². The van der Waals surface area contributed by atoms with Crippen molar-refractivity contribution < 1.29 is 29.4 Å². The van der Waals surface area contributed by atoms with Gasteiger partial charge in [0.05, 0.1) is 18.1 Å². The van der Waals surface area contributed by atoms with Crippen molar-refractivity contribution in [2.75, 3.05) is 6.54 Å². The smallest absolute Gasteiger partial charge is 0.326 e. The summed E-state index contributed by atoms with van der Waals surface area (Å²) in [7, 11) is 0. The molecule has 0 saturated heterocycles. The number of rotatable bonds is 29. The molecule has 4 atom stereocenters. The molecule has 0 aliphatic carbocycles. The van der Waals surface area contributed by atoms with Gasteiger partial charge in [-0.05, 0) is 84.2 Å². The number of phenolic OH excluding ortho intramolecular Hbond substituents is 1. The lowest BCUT2D eigenvalue weighted by atomic mass is 9.77. The van der Waals surface area contributed by atoms with Crippen molar-refractivity contribution in [1.82, 2.24) is 30.8 Å². The predicted octanol–water partition coefficient (Wildman–Crippen LogP) is 8.61. The van der Waals surface area contributed by atoms with Crippen LogP contribution in [0.15, 0.2) is 164 Å². The zero-order valence-corrected chi connectivity index (χ0v) is 41.8. The number of aliphatic carboxylic acids is 1. The van der Waals surface area contributed by atoms with Crippen LogP contribution in [0, 0.1) is 0 Å². The van der Waals surface area contributed by atoms with Crippen molar-refractivity contribution in [3.8, 4) is 5.75 Å². The third kappa shape index (κ3) is 15.4. The normalized spacial score (nSPS) is 13.0. The minimum absolute atomic E-state index is 0.00988. The van der Waals surface area contributed by atoms with Gasteiger partial charge in [0, 0.05) is 42.7 Å². The van der Waals surface area contributed by atoms with Crippen molar-refractivity contribution in [1.29, 1.82) is 0 Å². The Bertz CT molecular complexity index is 2550. The number of benzene rings is 5. The van der Waals surface area contributed by atoms with E-state index in [1.807, 2.05) is 65.4 Å². The van der Waals surface area contributed by atoms with Crippen LogP contribution in [-0.2, 0) is 44.0 Å². The van der Waals surface area contributed by atoms with Crippen LogP contribution in [0.4, 0.5) is 0 Å². The van der Waals surface area contributed by atoms with E-state index in [0.29, 0.717) is 41.2 Å². The number of aromatic hydroxyl groups is 1. The quantitative estimate of drug-likeness (QED) is 0.0178. The zero-order valence-electron chi connectivity index (χ0n) is 41.0. The summed E-state index contributed by atoms with van der Waals surface area (Å²) in [6.07, 6.45) is 11.7. The molecule has 378 valence electrons. The summed E-state index contributed by atoms with van der Waals surface area (Å²) < 4.78 is 2.05. The number of unbranched alkanes of at least 4 members (excludes halogenated alkanes) is 5. The summed E-state index contributed by atoms with van der Waals surface area (Å²) in [6.45, 7) is 7.00. The lowest BCUT2D eigenvalue weighted by molar-refractivity contribution is -0.142. The number of phenols is 1. The van der Waals surface area contributed by atoms with E-state index in [0.717, 1.165) is 41.6 Å². The summed E-state index contributed by atoms with van der Waals surface area (Å²) in [5.41, 5.74) is 11.6. The molecule has 13 nitrogen and oxygen atoms in total. The Kier molecular flexibility index (Phi) is 20.6. The SMILES string of the molecule is C=C(CCCCCCC)NCCCC[C@H](NC(=O)[C@@H](N)Cc1cn(C(c2ccccc2)(c2ccccc2)c2ccccc2)cn1)C(=O)N[C@H](Cc1ccc(Cl)cc1)C(=O)N[C@@H](Cc1ccc(O)cc1)C(=O)O. The Balaban J connectivity index is 1.21. The van der Waals surface area contributed by atoms with Gasteiger partial charge in [0.15, 0.2) is 0 Å². The Morgan fingerprint density at radius 2 is 1.17 bits per heavy atom. The van der Waals surface area contributed by atoms with Crippen LogP contribution in [0.25, 0.3) is 0 Å². The molecule has 72 heavy (non-hydrogen) atoms. The number of imidazole rings is 1. The number of allylic oxidation sites excluding steroid dienone is 1. The fraction of sp³-hybridized carbons (Fsp3) is 0.328. The average molecular weight is 995 g/mol. The molecule has 0 aliphatic rings. The number of aromatic nitrogens is 2.